The molecule has 3 aromatic rings. The number of hydrogen-bond donors (Lipinski definition) is 1. The minimum Gasteiger partial charge on any atom is -0.368 e. The summed E-state index contributed by atoms with van der Waals surface area (Å²) in [6, 6.07) is 21.6. The van der Waals surface area contributed by atoms with Crippen LogP contribution < -0.4 is 10.2 Å². The number of halogens is 4. The number of likely N-dealkylation sites (tertiary alicyclic amines) is 1. The number of alkyl halides is 3. The first kappa shape index (κ1) is 27.1. The molecule has 2 fully saturated rings. The molecule has 0 spiro atoms. The van der Waals surface area contributed by atoms with E-state index in [0.29, 0.717) is 57.9 Å². The maximum Gasteiger partial charge on any atom is 0.416 e. The fourth-order valence-electron chi connectivity index (χ4n) is 5.44. The maximum absolute atomic E-state index is 13.7. The van der Waals surface area contributed by atoms with Gasteiger partial charge in [-0.05, 0) is 47.9 Å². The monoisotopic (exact) mass is 540 g/mol. The van der Waals surface area contributed by atoms with Crippen LogP contribution in [0.15, 0.2) is 78.9 Å². The summed E-state index contributed by atoms with van der Waals surface area (Å²) in [5.74, 6) is -0.215. The Kier molecular flexibility index (Phi) is 8.18. The number of anilines is 1. The molecule has 1 amide bonds. The van der Waals surface area contributed by atoms with E-state index in [2.05, 4.69) is 22.3 Å². The molecule has 0 bridgehead atoms. The van der Waals surface area contributed by atoms with Gasteiger partial charge in [-0.1, -0.05) is 48.5 Å². The molecule has 39 heavy (non-hydrogen) atoms. The highest BCUT2D eigenvalue weighted by atomic mass is 19.4. The van der Waals surface area contributed by atoms with Crippen LogP contribution in [0.5, 0.6) is 0 Å². The summed E-state index contributed by atoms with van der Waals surface area (Å²) in [4.78, 5) is 19.7. The number of carbonyl (C=O) groups is 1. The van der Waals surface area contributed by atoms with Gasteiger partial charge in [-0.2, -0.15) is 13.2 Å². The van der Waals surface area contributed by atoms with E-state index in [4.69, 9.17) is 0 Å². The van der Waals surface area contributed by atoms with Gasteiger partial charge in [0.05, 0.1) is 11.6 Å². The van der Waals surface area contributed by atoms with Crippen molar-refractivity contribution in [1.29, 1.82) is 0 Å². The molecule has 0 radical (unpaired) electrons. The number of nitrogens with zero attached hydrogens (tertiary/aromatic N) is 3. The van der Waals surface area contributed by atoms with Gasteiger partial charge in [0.25, 0.3) is 0 Å². The summed E-state index contributed by atoms with van der Waals surface area (Å²) in [7, 11) is 0. The Balaban J connectivity index is 1.23. The number of hydrogen-bond acceptors (Lipinski definition) is 4. The molecule has 2 atom stereocenters. The van der Waals surface area contributed by atoms with Gasteiger partial charge >= 0.3 is 6.18 Å². The van der Waals surface area contributed by atoms with Crippen LogP contribution in [0, 0.1) is 5.82 Å². The largest absolute Gasteiger partial charge is 0.416 e. The third-order valence-corrected chi connectivity index (χ3v) is 7.56. The predicted octanol–water partition coefficient (Wildman–Crippen LogP) is 4.93. The van der Waals surface area contributed by atoms with Crippen molar-refractivity contribution in [2.45, 2.75) is 37.8 Å². The smallest absolute Gasteiger partial charge is 0.368 e. The van der Waals surface area contributed by atoms with Gasteiger partial charge < -0.3 is 15.1 Å². The van der Waals surface area contributed by atoms with Crippen molar-refractivity contribution in [1.82, 2.24) is 15.1 Å². The van der Waals surface area contributed by atoms with Gasteiger partial charge in [0.15, 0.2) is 0 Å². The van der Waals surface area contributed by atoms with Crippen molar-refractivity contribution < 1.29 is 22.4 Å². The van der Waals surface area contributed by atoms with Crippen LogP contribution in [-0.4, -0.2) is 60.5 Å². The number of nitrogens with one attached hydrogen (secondary N) is 1. The molecule has 1 N–H and O–H groups in total. The summed E-state index contributed by atoms with van der Waals surface area (Å²) in [5.41, 5.74) is 1.96. The van der Waals surface area contributed by atoms with E-state index in [0.717, 1.165) is 17.2 Å². The number of piperazine rings is 1. The van der Waals surface area contributed by atoms with Crippen LogP contribution in [0.4, 0.5) is 23.2 Å². The molecule has 0 aliphatic carbocycles. The quantitative estimate of drug-likeness (QED) is 0.432. The van der Waals surface area contributed by atoms with E-state index in [1.807, 2.05) is 28.0 Å². The lowest BCUT2D eigenvalue weighted by atomic mass is 10.1. The SMILES string of the molecule is O=C([C@@H]1C[C@H](NCc2ccc(F)cc2)CN1Cc1ccccc1)N1CCN(c2cccc(C(F)(F)F)c2)CC1. The summed E-state index contributed by atoms with van der Waals surface area (Å²) in [6.45, 7) is 3.81. The summed E-state index contributed by atoms with van der Waals surface area (Å²) < 4.78 is 52.8. The topological polar surface area (TPSA) is 38.8 Å². The molecule has 2 saturated heterocycles. The van der Waals surface area contributed by atoms with Crippen LogP contribution >= 0.6 is 0 Å². The molecule has 5 nitrogen and oxygen atoms in total. The average molecular weight is 541 g/mol. The van der Waals surface area contributed by atoms with Gasteiger partial charge in [0, 0.05) is 57.5 Å². The predicted molar refractivity (Wildman–Crippen MR) is 143 cm³/mol. The second kappa shape index (κ2) is 11.8. The lowest BCUT2D eigenvalue weighted by molar-refractivity contribution is -0.137. The third-order valence-electron chi connectivity index (χ3n) is 7.56. The lowest BCUT2D eigenvalue weighted by Crippen LogP contribution is -2.53. The molecule has 2 aliphatic heterocycles. The molecule has 2 aliphatic rings. The number of rotatable bonds is 7. The van der Waals surface area contributed by atoms with E-state index in [1.165, 1.54) is 24.3 Å². The Morgan fingerprint density at radius 3 is 2.28 bits per heavy atom. The van der Waals surface area contributed by atoms with Crippen LogP contribution in [0.3, 0.4) is 0 Å². The van der Waals surface area contributed by atoms with Gasteiger partial charge in [0.2, 0.25) is 5.91 Å². The Morgan fingerprint density at radius 2 is 1.59 bits per heavy atom. The van der Waals surface area contributed by atoms with Gasteiger partial charge in [-0.3, -0.25) is 9.69 Å². The van der Waals surface area contributed by atoms with E-state index < -0.39 is 11.7 Å². The second-order valence-corrected chi connectivity index (χ2v) is 10.2. The zero-order chi connectivity index (χ0) is 27.4. The highest BCUT2D eigenvalue weighted by Crippen LogP contribution is 2.32. The van der Waals surface area contributed by atoms with Gasteiger partial charge in [0.1, 0.15) is 5.82 Å². The molecule has 0 saturated carbocycles. The molecular weight excluding hydrogens is 508 g/mol. The zero-order valence-electron chi connectivity index (χ0n) is 21.6. The Bertz CT molecular complexity index is 1240. The van der Waals surface area contributed by atoms with Crippen LogP contribution in [0.1, 0.15) is 23.1 Å². The molecule has 206 valence electrons. The van der Waals surface area contributed by atoms with E-state index in [-0.39, 0.29) is 23.8 Å². The first-order chi connectivity index (χ1) is 18.8. The van der Waals surface area contributed by atoms with E-state index in [9.17, 15) is 22.4 Å². The van der Waals surface area contributed by atoms with Crippen molar-refractivity contribution >= 4 is 11.6 Å². The van der Waals surface area contributed by atoms with E-state index >= 15 is 0 Å². The molecule has 3 aromatic carbocycles. The zero-order valence-corrected chi connectivity index (χ0v) is 21.6. The number of amides is 1. The summed E-state index contributed by atoms with van der Waals surface area (Å²) in [5, 5.41) is 3.53. The normalized spacial score (nSPS) is 20.4. The average Bonchev–Trinajstić information content (AvgIpc) is 3.35. The molecule has 0 aromatic heterocycles. The molecule has 9 heteroatoms. The van der Waals surface area contributed by atoms with E-state index in [1.54, 1.807) is 18.2 Å². The third kappa shape index (κ3) is 6.78. The van der Waals surface area contributed by atoms with Crippen LogP contribution in [0.25, 0.3) is 0 Å². The molecular formula is C30H32F4N4O. The van der Waals surface area contributed by atoms with Crippen LogP contribution in [0.2, 0.25) is 0 Å². The minimum absolute atomic E-state index is 0.0562. The fourth-order valence-corrected chi connectivity index (χ4v) is 5.44. The summed E-state index contributed by atoms with van der Waals surface area (Å²) >= 11 is 0. The Labute approximate surface area is 226 Å². The van der Waals surface area contributed by atoms with Gasteiger partial charge in [-0.25, -0.2) is 4.39 Å². The fraction of sp³-hybridized carbons (Fsp3) is 0.367. The van der Waals surface area contributed by atoms with Crippen LogP contribution in [-0.2, 0) is 24.1 Å². The minimum atomic E-state index is -4.39. The van der Waals surface area contributed by atoms with Crippen molar-refractivity contribution in [3.05, 3.63) is 101 Å². The highest BCUT2D eigenvalue weighted by molar-refractivity contribution is 5.82. The molecule has 5 rings (SSSR count). The van der Waals surface area contributed by atoms with Crippen molar-refractivity contribution in [2.24, 2.45) is 0 Å². The first-order valence-electron chi connectivity index (χ1n) is 13.2. The maximum atomic E-state index is 13.7. The first-order valence-corrected chi connectivity index (χ1v) is 13.2. The Hall–Kier alpha value is -3.43. The molecule has 0 unspecified atom stereocenters. The summed E-state index contributed by atoms with van der Waals surface area (Å²) in [6.07, 6.45) is -3.74. The lowest BCUT2D eigenvalue weighted by Gasteiger charge is -2.38. The highest BCUT2D eigenvalue weighted by Gasteiger charge is 2.39. The second-order valence-electron chi connectivity index (χ2n) is 10.2. The Morgan fingerprint density at radius 1 is 0.872 bits per heavy atom. The molecule has 2 heterocycles. The van der Waals surface area contributed by atoms with Crippen molar-refractivity contribution in [3.8, 4) is 0 Å². The number of carbonyl (C=O) groups excluding carboxylic acids is 1. The van der Waals surface area contributed by atoms with Crippen molar-refractivity contribution in [3.63, 3.8) is 0 Å². The van der Waals surface area contributed by atoms with Crippen molar-refractivity contribution in [2.75, 3.05) is 37.6 Å². The standard InChI is InChI=1S/C30H32F4N4O/c31-25-11-9-22(10-12-25)19-35-26-18-28(38(21-26)20-23-5-2-1-3-6-23)29(39)37-15-13-36(14-16-37)27-8-4-7-24(17-27)30(32,33)34/h1-12,17,26,28,35H,13-16,18-21H2/t26-,28-/m0/s1. The van der Waals surface area contributed by atoms with Gasteiger partial charge in [-0.15, -0.1) is 0 Å². The number of benzene rings is 3.